The summed E-state index contributed by atoms with van der Waals surface area (Å²) in [6.45, 7) is 1.44. The summed E-state index contributed by atoms with van der Waals surface area (Å²) in [6, 6.07) is 0. The van der Waals surface area contributed by atoms with Gasteiger partial charge in [-0.15, -0.1) is 0 Å². The van der Waals surface area contributed by atoms with Gasteiger partial charge >= 0.3 is 0 Å². The van der Waals surface area contributed by atoms with Gasteiger partial charge in [0.05, 0.1) is 6.61 Å². The van der Waals surface area contributed by atoms with Crippen molar-refractivity contribution in [3.8, 4) is 0 Å². The van der Waals surface area contributed by atoms with Crippen LogP contribution in [-0.4, -0.2) is 23.8 Å². The van der Waals surface area contributed by atoms with Crippen molar-refractivity contribution in [2.75, 3.05) is 13.2 Å². The fourth-order valence-electron chi connectivity index (χ4n) is 3.17. The first kappa shape index (κ1) is 10.4. The molecule has 1 saturated carbocycles. The van der Waals surface area contributed by atoms with Gasteiger partial charge in [-0.1, -0.05) is 32.1 Å². The van der Waals surface area contributed by atoms with Gasteiger partial charge in [0, 0.05) is 5.54 Å². The normalized spacial score (nSPS) is 34.9. The summed E-state index contributed by atoms with van der Waals surface area (Å²) in [6.07, 6.45) is 10.6. The molecule has 1 saturated heterocycles. The molecule has 1 unspecified atom stereocenters. The fourth-order valence-corrected chi connectivity index (χ4v) is 3.17. The van der Waals surface area contributed by atoms with Crippen LogP contribution < -0.4 is 5.32 Å². The van der Waals surface area contributed by atoms with Gasteiger partial charge in [0.2, 0.25) is 0 Å². The van der Waals surface area contributed by atoms with Gasteiger partial charge in [-0.25, -0.2) is 0 Å². The average molecular weight is 197 g/mol. The minimum atomic E-state index is 0.0905. The Kier molecular flexibility index (Phi) is 3.45. The van der Waals surface area contributed by atoms with Crippen LogP contribution in [0.2, 0.25) is 0 Å². The lowest BCUT2D eigenvalue weighted by Gasteiger charge is -2.38. The number of piperidine rings is 1. The highest BCUT2D eigenvalue weighted by Crippen LogP contribution is 2.34. The van der Waals surface area contributed by atoms with E-state index in [1.54, 1.807) is 0 Å². The molecule has 0 spiro atoms. The van der Waals surface area contributed by atoms with E-state index in [-0.39, 0.29) is 5.54 Å². The van der Waals surface area contributed by atoms with Gasteiger partial charge in [-0.05, 0) is 31.7 Å². The Morgan fingerprint density at radius 3 is 2.50 bits per heavy atom. The van der Waals surface area contributed by atoms with Crippen LogP contribution in [0.4, 0.5) is 0 Å². The van der Waals surface area contributed by atoms with Crippen LogP contribution >= 0.6 is 0 Å². The molecule has 14 heavy (non-hydrogen) atoms. The molecule has 0 aromatic heterocycles. The summed E-state index contributed by atoms with van der Waals surface area (Å²) in [5.74, 6) is 0.882. The average Bonchev–Trinajstić information content (AvgIpc) is 2.72. The Morgan fingerprint density at radius 1 is 1.14 bits per heavy atom. The third kappa shape index (κ3) is 2.29. The Hall–Kier alpha value is -0.0800. The van der Waals surface area contributed by atoms with E-state index in [4.69, 9.17) is 0 Å². The van der Waals surface area contributed by atoms with Crippen molar-refractivity contribution in [1.82, 2.24) is 5.32 Å². The highest BCUT2D eigenvalue weighted by atomic mass is 16.3. The standard InChI is InChI=1S/C12H23NO/c14-10-12(7-3-4-8-13-12)9-11-5-1-2-6-11/h11,13-14H,1-10H2. The van der Waals surface area contributed by atoms with Gasteiger partial charge in [0.1, 0.15) is 0 Å². The quantitative estimate of drug-likeness (QED) is 0.726. The number of aliphatic hydroxyl groups is 1. The van der Waals surface area contributed by atoms with Gasteiger partial charge in [0.25, 0.3) is 0 Å². The molecule has 1 aliphatic carbocycles. The molecular formula is C12H23NO. The van der Waals surface area contributed by atoms with Gasteiger partial charge < -0.3 is 10.4 Å². The van der Waals surface area contributed by atoms with E-state index >= 15 is 0 Å². The summed E-state index contributed by atoms with van der Waals surface area (Å²) < 4.78 is 0. The van der Waals surface area contributed by atoms with Crippen molar-refractivity contribution in [2.45, 2.75) is 56.9 Å². The van der Waals surface area contributed by atoms with Crippen LogP contribution in [0.15, 0.2) is 0 Å². The number of aliphatic hydroxyl groups excluding tert-OH is 1. The molecule has 82 valence electrons. The maximum Gasteiger partial charge on any atom is 0.0613 e. The van der Waals surface area contributed by atoms with E-state index in [0.717, 1.165) is 12.5 Å². The maximum atomic E-state index is 9.54. The SMILES string of the molecule is OCC1(CC2CCCC2)CCCCN1. The lowest BCUT2D eigenvalue weighted by atomic mass is 9.81. The minimum Gasteiger partial charge on any atom is -0.394 e. The number of hydrogen-bond donors (Lipinski definition) is 2. The molecule has 2 nitrogen and oxygen atoms in total. The molecule has 2 heteroatoms. The van der Waals surface area contributed by atoms with Crippen LogP contribution in [0, 0.1) is 5.92 Å². The van der Waals surface area contributed by atoms with Crippen molar-refractivity contribution >= 4 is 0 Å². The molecular weight excluding hydrogens is 174 g/mol. The molecule has 1 aliphatic heterocycles. The molecule has 2 fully saturated rings. The van der Waals surface area contributed by atoms with Gasteiger partial charge in [0.15, 0.2) is 0 Å². The third-order valence-corrected chi connectivity index (χ3v) is 4.04. The van der Waals surface area contributed by atoms with Crippen LogP contribution in [0.5, 0.6) is 0 Å². The van der Waals surface area contributed by atoms with E-state index in [1.165, 1.54) is 51.4 Å². The topological polar surface area (TPSA) is 32.3 Å². The zero-order valence-electron chi connectivity index (χ0n) is 9.10. The van der Waals surface area contributed by atoms with Gasteiger partial charge in [-0.3, -0.25) is 0 Å². The van der Waals surface area contributed by atoms with E-state index in [1.807, 2.05) is 0 Å². The minimum absolute atomic E-state index is 0.0905. The molecule has 1 atom stereocenters. The second-order valence-corrected chi connectivity index (χ2v) is 5.18. The first-order valence-electron chi connectivity index (χ1n) is 6.21. The third-order valence-electron chi connectivity index (χ3n) is 4.04. The molecule has 2 N–H and O–H groups in total. The van der Waals surface area contributed by atoms with Crippen molar-refractivity contribution < 1.29 is 5.11 Å². The van der Waals surface area contributed by atoms with E-state index in [0.29, 0.717) is 6.61 Å². The smallest absolute Gasteiger partial charge is 0.0613 e. The fraction of sp³-hybridized carbons (Fsp3) is 1.00. The second-order valence-electron chi connectivity index (χ2n) is 5.18. The number of nitrogens with one attached hydrogen (secondary N) is 1. The second kappa shape index (κ2) is 4.63. The highest BCUT2D eigenvalue weighted by Gasteiger charge is 2.34. The Morgan fingerprint density at radius 2 is 1.93 bits per heavy atom. The molecule has 1 heterocycles. The summed E-state index contributed by atoms with van der Waals surface area (Å²) in [4.78, 5) is 0. The van der Waals surface area contributed by atoms with E-state index in [2.05, 4.69) is 5.32 Å². The zero-order valence-corrected chi connectivity index (χ0v) is 9.10. The van der Waals surface area contributed by atoms with Crippen molar-refractivity contribution in [3.05, 3.63) is 0 Å². The van der Waals surface area contributed by atoms with Crippen LogP contribution in [0.3, 0.4) is 0 Å². The predicted octanol–water partition coefficient (Wildman–Crippen LogP) is 2.07. The van der Waals surface area contributed by atoms with Crippen LogP contribution in [-0.2, 0) is 0 Å². The molecule has 0 radical (unpaired) electrons. The Balaban J connectivity index is 1.89. The van der Waals surface area contributed by atoms with Crippen LogP contribution in [0.25, 0.3) is 0 Å². The molecule has 2 rings (SSSR count). The van der Waals surface area contributed by atoms with Gasteiger partial charge in [-0.2, -0.15) is 0 Å². The number of hydrogen-bond acceptors (Lipinski definition) is 2. The molecule has 0 amide bonds. The highest BCUT2D eigenvalue weighted by molar-refractivity contribution is 4.93. The maximum absolute atomic E-state index is 9.54. The lowest BCUT2D eigenvalue weighted by Crippen LogP contribution is -2.52. The van der Waals surface area contributed by atoms with Crippen molar-refractivity contribution in [3.63, 3.8) is 0 Å². The van der Waals surface area contributed by atoms with Crippen LogP contribution in [0.1, 0.15) is 51.4 Å². The predicted molar refractivity (Wildman–Crippen MR) is 58.2 cm³/mol. The first-order valence-corrected chi connectivity index (χ1v) is 6.21. The Bertz CT molecular complexity index is 169. The summed E-state index contributed by atoms with van der Waals surface area (Å²) >= 11 is 0. The summed E-state index contributed by atoms with van der Waals surface area (Å²) in [7, 11) is 0. The number of rotatable bonds is 3. The first-order chi connectivity index (χ1) is 6.85. The molecule has 2 aliphatic rings. The monoisotopic (exact) mass is 197 g/mol. The Labute approximate surface area is 87.1 Å². The summed E-state index contributed by atoms with van der Waals surface area (Å²) in [5.41, 5.74) is 0.0905. The van der Waals surface area contributed by atoms with E-state index in [9.17, 15) is 5.11 Å². The zero-order chi connectivity index (χ0) is 9.86. The lowest BCUT2D eigenvalue weighted by molar-refractivity contribution is 0.107. The molecule has 0 bridgehead atoms. The van der Waals surface area contributed by atoms with E-state index < -0.39 is 0 Å². The molecule has 0 aromatic rings. The summed E-state index contributed by atoms with van der Waals surface area (Å²) in [5, 5.41) is 13.1. The molecule has 0 aromatic carbocycles. The largest absolute Gasteiger partial charge is 0.394 e. The van der Waals surface area contributed by atoms with Crippen molar-refractivity contribution in [1.29, 1.82) is 0 Å². The van der Waals surface area contributed by atoms with Crippen molar-refractivity contribution in [2.24, 2.45) is 5.92 Å².